The third-order valence-corrected chi connectivity index (χ3v) is 5.07. The summed E-state index contributed by atoms with van der Waals surface area (Å²) in [5, 5.41) is 0. The molecule has 1 aliphatic carbocycles. The Labute approximate surface area is 127 Å². The third-order valence-electron chi connectivity index (χ3n) is 5.07. The Bertz CT molecular complexity index is 481. The molecule has 1 aromatic carbocycles. The van der Waals surface area contributed by atoms with E-state index in [0.717, 1.165) is 31.7 Å². The molecule has 3 nitrogen and oxygen atoms in total. The van der Waals surface area contributed by atoms with Gasteiger partial charge in [-0.1, -0.05) is 43.7 Å². The zero-order valence-corrected chi connectivity index (χ0v) is 12.9. The van der Waals surface area contributed by atoms with Gasteiger partial charge in [-0.15, -0.1) is 0 Å². The SMILES string of the molecule is CCC(C(=O)N1CCOCC2(CCC2)C1)c1ccccc1. The minimum atomic E-state index is -0.0126. The van der Waals surface area contributed by atoms with Crippen LogP contribution in [0.5, 0.6) is 0 Å². The fourth-order valence-electron chi connectivity index (χ4n) is 3.62. The second-order valence-electron chi connectivity index (χ2n) is 6.54. The number of carbonyl (C=O) groups is 1. The molecule has 21 heavy (non-hydrogen) atoms. The van der Waals surface area contributed by atoms with E-state index in [9.17, 15) is 4.79 Å². The zero-order chi connectivity index (χ0) is 14.7. The van der Waals surface area contributed by atoms with Crippen molar-refractivity contribution < 1.29 is 9.53 Å². The van der Waals surface area contributed by atoms with Crippen LogP contribution in [0.1, 0.15) is 44.1 Å². The number of nitrogens with zero attached hydrogens (tertiary/aromatic N) is 1. The molecule has 1 saturated carbocycles. The molecule has 3 rings (SSSR count). The van der Waals surface area contributed by atoms with Crippen LogP contribution in [0.15, 0.2) is 30.3 Å². The molecule has 0 aromatic heterocycles. The van der Waals surface area contributed by atoms with Crippen molar-refractivity contribution in [1.82, 2.24) is 4.90 Å². The van der Waals surface area contributed by atoms with Gasteiger partial charge in [0.1, 0.15) is 0 Å². The van der Waals surface area contributed by atoms with Crippen molar-refractivity contribution in [3.05, 3.63) is 35.9 Å². The van der Waals surface area contributed by atoms with Gasteiger partial charge in [-0.25, -0.2) is 0 Å². The van der Waals surface area contributed by atoms with Gasteiger partial charge in [0.15, 0.2) is 0 Å². The highest BCUT2D eigenvalue weighted by Crippen LogP contribution is 2.43. The Hall–Kier alpha value is -1.35. The third kappa shape index (κ3) is 2.98. The summed E-state index contributed by atoms with van der Waals surface area (Å²) >= 11 is 0. The van der Waals surface area contributed by atoms with Crippen LogP contribution in [-0.4, -0.2) is 37.1 Å². The van der Waals surface area contributed by atoms with E-state index in [1.54, 1.807) is 0 Å². The maximum atomic E-state index is 13.0. The molecule has 1 heterocycles. The number of benzene rings is 1. The van der Waals surface area contributed by atoms with Crippen LogP contribution in [0.3, 0.4) is 0 Å². The Morgan fingerprint density at radius 3 is 2.71 bits per heavy atom. The van der Waals surface area contributed by atoms with Crippen molar-refractivity contribution in [2.24, 2.45) is 5.41 Å². The molecular weight excluding hydrogens is 262 g/mol. The predicted molar refractivity (Wildman–Crippen MR) is 83.2 cm³/mol. The Kier molecular flexibility index (Phi) is 4.29. The number of hydrogen-bond acceptors (Lipinski definition) is 2. The lowest BCUT2D eigenvalue weighted by Gasteiger charge is -2.43. The lowest BCUT2D eigenvalue weighted by Crippen LogP contribution is -2.46. The predicted octanol–water partition coefficient (Wildman–Crippen LogP) is 3.21. The second-order valence-corrected chi connectivity index (χ2v) is 6.54. The van der Waals surface area contributed by atoms with Crippen LogP contribution in [0, 0.1) is 5.41 Å². The molecule has 1 aromatic rings. The van der Waals surface area contributed by atoms with E-state index in [1.165, 1.54) is 19.3 Å². The van der Waals surface area contributed by atoms with Crippen molar-refractivity contribution in [1.29, 1.82) is 0 Å². The normalized spacial score (nSPS) is 22.4. The van der Waals surface area contributed by atoms with Crippen molar-refractivity contribution in [2.45, 2.75) is 38.5 Å². The fraction of sp³-hybridized carbons (Fsp3) is 0.611. The smallest absolute Gasteiger partial charge is 0.230 e. The topological polar surface area (TPSA) is 29.5 Å². The summed E-state index contributed by atoms with van der Waals surface area (Å²) in [7, 11) is 0. The number of ether oxygens (including phenoxy) is 1. The van der Waals surface area contributed by atoms with Crippen molar-refractivity contribution in [3.63, 3.8) is 0 Å². The van der Waals surface area contributed by atoms with Gasteiger partial charge >= 0.3 is 0 Å². The van der Waals surface area contributed by atoms with E-state index >= 15 is 0 Å². The van der Waals surface area contributed by atoms with Crippen LogP contribution < -0.4 is 0 Å². The summed E-state index contributed by atoms with van der Waals surface area (Å²) in [4.78, 5) is 15.0. The second kappa shape index (κ2) is 6.18. The lowest BCUT2D eigenvalue weighted by atomic mass is 9.69. The molecule has 0 bridgehead atoms. The molecule has 1 amide bonds. The molecule has 1 aliphatic heterocycles. The molecule has 1 unspecified atom stereocenters. The average Bonchev–Trinajstić information content (AvgIpc) is 2.72. The van der Waals surface area contributed by atoms with Crippen LogP contribution >= 0.6 is 0 Å². The van der Waals surface area contributed by atoms with Crippen LogP contribution in [0.4, 0.5) is 0 Å². The van der Waals surface area contributed by atoms with Gasteiger partial charge in [-0.05, 0) is 24.8 Å². The molecule has 1 atom stereocenters. The molecule has 0 radical (unpaired) electrons. The first-order chi connectivity index (χ1) is 10.2. The van der Waals surface area contributed by atoms with E-state index in [1.807, 2.05) is 18.2 Å². The monoisotopic (exact) mass is 287 g/mol. The van der Waals surface area contributed by atoms with Crippen LogP contribution in [0.25, 0.3) is 0 Å². The number of amides is 1. The number of rotatable bonds is 3. The van der Waals surface area contributed by atoms with Gasteiger partial charge in [-0.2, -0.15) is 0 Å². The molecule has 114 valence electrons. The molecule has 1 spiro atoms. The summed E-state index contributed by atoms with van der Waals surface area (Å²) < 4.78 is 5.76. The minimum absolute atomic E-state index is 0.0126. The van der Waals surface area contributed by atoms with Crippen LogP contribution in [-0.2, 0) is 9.53 Å². The van der Waals surface area contributed by atoms with Gasteiger partial charge in [-0.3, -0.25) is 4.79 Å². The maximum Gasteiger partial charge on any atom is 0.230 e. The van der Waals surface area contributed by atoms with Gasteiger partial charge in [0.2, 0.25) is 5.91 Å². The van der Waals surface area contributed by atoms with Gasteiger partial charge in [0, 0.05) is 18.5 Å². The summed E-state index contributed by atoms with van der Waals surface area (Å²) in [6.07, 6.45) is 4.55. The fourth-order valence-corrected chi connectivity index (χ4v) is 3.62. The van der Waals surface area contributed by atoms with E-state index in [4.69, 9.17) is 4.74 Å². The number of hydrogen-bond donors (Lipinski definition) is 0. The Morgan fingerprint density at radius 1 is 1.33 bits per heavy atom. The summed E-state index contributed by atoms with van der Waals surface area (Å²) in [6, 6.07) is 10.2. The molecule has 1 saturated heterocycles. The molecular formula is C18H25NO2. The quantitative estimate of drug-likeness (QED) is 0.854. The first-order valence-electron chi connectivity index (χ1n) is 8.16. The van der Waals surface area contributed by atoms with E-state index in [2.05, 4.69) is 24.0 Å². The molecule has 0 N–H and O–H groups in total. The van der Waals surface area contributed by atoms with Crippen molar-refractivity contribution in [3.8, 4) is 0 Å². The first-order valence-corrected chi connectivity index (χ1v) is 8.16. The molecule has 2 aliphatic rings. The Morgan fingerprint density at radius 2 is 2.10 bits per heavy atom. The summed E-state index contributed by atoms with van der Waals surface area (Å²) in [5.74, 6) is 0.266. The molecule has 3 heteroatoms. The lowest BCUT2D eigenvalue weighted by molar-refractivity contribution is -0.134. The largest absolute Gasteiger partial charge is 0.379 e. The highest BCUT2D eigenvalue weighted by molar-refractivity contribution is 5.83. The number of carbonyl (C=O) groups excluding carboxylic acids is 1. The van der Waals surface area contributed by atoms with Gasteiger partial charge in [0.05, 0.1) is 19.1 Å². The zero-order valence-electron chi connectivity index (χ0n) is 12.9. The highest BCUT2D eigenvalue weighted by atomic mass is 16.5. The van der Waals surface area contributed by atoms with E-state index in [-0.39, 0.29) is 17.2 Å². The van der Waals surface area contributed by atoms with Gasteiger partial charge in [0.25, 0.3) is 0 Å². The van der Waals surface area contributed by atoms with E-state index < -0.39 is 0 Å². The van der Waals surface area contributed by atoms with Crippen molar-refractivity contribution in [2.75, 3.05) is 26.3 Å². The highest BCUT2D eigenvalue weighted by Gasteiger charge is 2.42. The molecule has 2 fully saturated rings. The minimum Gasteiger partial charge on any atom is -0.379 e. The van der Waals surface area contributed by atoms with E-state index in [0.29, 0.717) is 6.61 Å². The summed E-state index contributed by atoms with van der Waals surface area (Å²) in [6.45, 7) is 5.24. The summed E-state index contributed by atoms with van der Waals surface area (Å²) in [5.41, 5.74) is 1.39. The van der Waals surface area contributed by atoms with Gasteiger partial charge < -0.3 is 9.64 Å². The Balaban J connectivity index is 1.76. The first kappa shape index (κ1) is 14.6. The van der Waals surface area contributed by atoms with Crippen molar-refractivity contribution >= 4 is 5.91 Å². The standard InChI is InChI=1S/C18H25NO2/c1-2-16(15-7-4-3-5-8-15)17(20)19-11-12-21-14-18(13-19)9-6-10-18/h3-5,7-8,16H,2,6,9-14H2,1H3. The maximum absolute atomic E-state index is 13.0. The average molecular weight is 287 g/mol. The van der Waals surface area contributed by atoms with Crippen LogP contribution in [0.2, 0.25) is 0 Å².